The van der Waals surface area contributed by atoms with Crippen LogP contribution in [-0.4, -0.2) is 6.71 Å². The van der Waals surface area contributed by atoms with Gasteiger partial charge in [-0.15, -0.1) is 0 Å². The molecule has 0 aromatic heterocycles. The smallest absolute Gasteiger partial charge is 0.248 e. The van der Waals surface area contributed by atoms with E-state index in [0.717, 1.165) is 0 Å². The average Bonchev–Trinajstić information content (AvgIpc) is 3.53. The molecule has 2 heteroatoms. The molecule has 5 aliphatic rings. The van der Waals surface area contributed by atoms with Crippen LogP contribution in [0.25, 0.3) is 22.3 Å². The molecule has 0 saturated heterocycles. The Kier molecular flexibility index (Phi) is 7.96. The van der Waals surface area contributed by atoms with Crippen LogP contribution in [0, 0.1) is 0 Å². The lowest BCUT2D eigenvalue weighted by molar-refractivity contribution is 0.443. The molecular formula is C48H50BN. The van der Waals surface area contributed by atoms with Crippen molar-refractivity contribution in [2.45, 2.75) is 114 Å². The van der Waals surface area contributed by atoms with Crippen molar-refractivity contribution in [1.82, 2.24) is 0 Å². The van der Waals surface area contributed by atoms with E-state index in [2.05, 4.69) is 108 Å². The summed E-state index contributed by atoms with van der Waals surface area (Å²) in [4.78, 5) is 2.64. The van der Waals surface area contributed by atoms with E-state index in [4.69, 9.17) is 0 Å². The zero-order valence-electron chi connectivity index (χ0n) is 29.7. The molecule has 3 aliphatic carbocycles. The molecule has 50 heavy (non-hydrogen) atoms. The fourth-order valence-corrected chi connectivity index (χ4v) is 10.8. The number of nitrogens with zero attached hydrogens (tertiary/aromatic N) is 1. The first-order valence-electron chi connectivity index (χ1n) is 20.2. The maximum atomic E-state index is 2.67. The minimum atomic E-state index is 0.277. The summed E-state index contributed by atoms with van der Waals surface area (Å²) in [6, 6.07) is 41.2. The van der Waals surface area contributed by atoms with E-state index in [1.54, 1.807) is 16.6 Å². The van der Waals surface area contributed by atoms with Crippen molar-refractivity contribution >= 4 is 40.2 Å². The van der Waals surface area contributed by atoms with Crippen LogP contribution in [0.15, 0.2) is 103 Å². The number of hydrogen-bond donors (Lipinski definition) is 0. The summed E-state index contributed by atoms with van der Waals surface area (Å²) in [5.41, 5.74) is 18.8. The molecule has 0 radical (unpaired) electrons. The maximum absolute atomic E-state index is 2.67. The van der Waals surface area contributed by atoms with Crippen molar-refractivity contribution in [3.8, 4) is 22.3 Å². The van der Waals surface area contributed by atoms with E-state index in [1.165, 1.54) is 152 Å². The predicted octanol–water partition coefficient (Wildman–Crippen LogP) is 11.8. The molecule has 3 fully saturated rings. The van der Waals surface area contributed by atoms with Crippen LogP contribution in [0.2, 0.25) is 0 Å². The first-order chi connectivity index (χ1) is 24.8. The van der Waals surface area contributed by atoms with Crippen molar-refractivity contribution in [2.75, 3.05) is 4.90 Å². The maximum Gasteiger partial charge on any atom is 0.248 e. The fourth-order valence-electron chi connectivity index (χ4n) is 10.8. The largest absolute Gasteiger partial charge is 0.311 e. The zero-order chi connectivity index (χ0) is 33.0. The third-order valence-electron chi connectivity index (χ3n) is 13.5. The van der Waals surface area contributed by atoms with Crippen molar-refractivity contribution < 1.29 is 0 Å². The number of hydrogen-bond acceptors (Lipinski definition) is 1. The number of benzene rings is 5. The van der Waals surface area contributed by atoms with Gasteiger partial charge in [-0.25, -0.2) is 0 Å². The standard InChI is InChI=1S/C48H50BN/c1-5-13-33(14-6-1)37-21-25-41(26-22-37)50-46-28-24-39(35-17-9-3-10-18-35)31-45(46)49-44-30-38(34-15-7-2-8-16-34)23-27-42(44)43-29-40(32-47(50)48(43)49)36-19-11-4-12-20-36/h4,11-12,19-35H,1-3,5-10,13-18H2. The second-order valence-electron chi connectivity index (χ2n) is 16.4. The SMILES string of the molecule is c1ccc(-c2cc3c4c(c2)N(c2ccc(C5CCCCC5)cc2)c2ccc(C5CCCCC5)cc2B4c2cc(C4CCCCC4)ccc2-3)cc1. The minimum Gasteiger partial charge on any atom is -0.311 e. The summed E-state index contributed by atoms with van der Waals surface area (Å²) in [5, 5.41) is 0. The second kappa shape index (κ2) is 12.9. The van der Waals surface area contributed by atoms with Crippen LogP contribution >= 0.6 is 0 Å². The molecule has 10 rings (SSSR count). The van der Waals surface area contributed by atoms with Gasteiger partial charge >= 0.3 is 0 Å². The van der Waals surface area contributed by atoms with Gasteiger partial charge in [0.2, 0.25) is 6.71 Å². The van der Waals surface area contributed by atoms with Gasteiger partial charge in [-0.3, -0.25) is 0 Å². The molecule has 0 spiro atoms. The Labute approximate surface area is 300 Å². The highest BCUT2D eigenvalue weighted by atomic mass is 15.2. The van der Waals surface area contributed by atoms with E-state index in [9.17, 15) is 0 Å². The molecular weight excluding hydrogens is 601 g/mol. The van der Waals surface area contributed by atoms with Crippen LogP contribution < -0.4 is 21.3 Å². The molecule has 0 bridgehead atoms. The van der Waals surface area contributed by atoms with Crippen molar-refractivity contribution in [3.63, 3.8) is 0 Å². The monoisotopic (exact) mass is 651 g/mol. The van der Waals surface area contributed by atoms with Gasteiger partial charge in [0.25, 0.3) is 0 Å². The van der Waals surface area contributed by atoms with Gasteiger partial charge in [0.1, 0.15) is 0 Å². The van der Waals surface area contributed by atoms with Crippen molar-refractivity contribution in [1.29, 1.82) is 0 Å². The van der Waals surface area contributed by atoms with E-state index < -0.39 is 0 Å². The first-order valence-corrected chi connectivity index (χ1v) is 20.2. The molecule has 2 heterocycles. The molecule has 5 aromatic rings. The van der Waals surface area contributed by atoms with Gasteiger partial charge in [0, 0.05) is 17.1 Å². The third kappa shape index (κ3) is 5.28. The summed E-state index contributed by atoms with van der Waals surface area (Å²) in [6.45, 7) is 0.277. The fraction of sp³-hybridized carbons (Fsp3) is 0.375. The second-order valence-corrected chi connectivity index (χ2v) is 16.4. The van der Waals surface area contributed by atoms with Crippen molar-refractivity contribution in [2.24, 2.45) is 0 Å². The van der Waals surface area contributed by atoms with Gasteiger partial charge in [0.15, 0.2) is 0 Å². The highest BCUT2D eigenvalue weighted by molar-refractivity contribution is 7.01. The third-order valence-corrected chi connectivity index (χ3v) is 13.5. The molecule has 5 aromatic carbocycles. The molecule has 1 nitrogen and oxygen atoms in total. The summed E-state index contributed by atoms with van der Waals surface area (Å²) in [6.07, 6.45) is 20.4. The Morgan fingerprint density at radius 2 is 0.980 bits per heavy atom. The van der Waals surface area contributed by atoms with Gasteiger partial charge in [0.05, 0.1) is 0 Å². The van der Waals surface area contributed by atoms with E-state index in [-0.39, 0.29) is 6.71 Å². The topological polar surface area (TPSA) is 3.24 Å². The van der Waals surface area contributed by atoms with Crippen LogP contribution in [0.3, 0.4) is 0 Å². The lowest BCUT2D eigenvalue weighted by atomic mass is 9.37. The molecule has 3 saturated carbocycles. The highest BCUT2D eigenvalue weighted by Crippen LogP contribution is 2.45. The summed E-state index contributed by atoms with van der Waals surface area (Å²) in [5.74, 6) is 2.10. The van der Waals surface area contributed by atoms with Crippen molar-refractivity contribution in [3.05, 3.63) is 120 Å². The Morgan fingerprint density at radius 3 is 1.62 bits per heavy atom. The normalized spacial score (nSPS) is 19.3. The average molecular weight is 652 g/mol. The van der Waals surface area contributed by atoms with E-state index >= 15 is 0 Å². The number of rotatable bonds is 5. The summed E-state index contributed by atoms with van der Waals surface area (Å²) in [7, 11) is 0. The highest BCUT2D eigenvalue weighted by Gasteiger charge is 2.43. The van der Waals surface area contributed by atoms with Crippen LogP contribution in [0.1, 0.15) is 131 Å². The number of anilines is 3. The zero-order valence-corrected chi connectivity index (χ0v) is 29.7. The molecule has 0 N–H and O–H groups in total. The Balaban J connectivity index is 1.18. The van der Waals surface area contributed by atoms with Crippen LogP contribution in [0.4, 0.5) is 17.1 Å². The van der Waals surface area contributed by atoms with Gasteiger partial charge in [-0.05, 0) is 136 Å². The summed E-state index contributed by atoms with van der Waals surface area (Å²) < 4.78 is 0. The lowest BCUT2D eigenvalue weighted by Gasteiger charge is -2.37. The van der Waals surface area contributed by atoms with Gasteiger partial charge in [-0.2, -0.15) is 0 Å². The first kappa shape index (κ1) is 30.8. The van der Waals surface area contributed by atoms with Gasteiger partial charge in [-0.1, -0.05) is 136 Å². The molecule has 0 amide bonds. The minimum absolute atomic E-state index is 0.277. The summed E-state index contributed by atoms with van der Waals surface area (Å²) >= 11 is 0. The van der Waals surface area contributed by atoms with Crippen LogP contribution in [0.5, 0.6) is 0 Å². The Bertz CT molecular complexity index is 2010. The van der Waals surface area contributed by atoms with E-state index in [1.807, 2.05) is 0 Å². The lowest BCUT2D eigenvalue weighted by Crippen LogP contribution is -2.55. The quantitative estimate of drug-likeness (QED) is 0.167. The Morgan fingerprint density at radius 1 is 0.420 bits per heavy atom. The molecule has 0 unspecified atom stereocenters. The molecule has 250 valence electrons. The Hall–Kier alpha value is -4.04. The number of fused-ring (bicyclic) bond motifs is 5. The van der Waals surface area contributed by atoms with Gasteiger partial charge < -0.3 is 4.90 Å². The molecule has 2 aliphatic heterocycles. The molecule has 0 atom stereocenters. The predicted molar refractivity (Wildman–Crippen MR) is 214 cm³/mol. The van der Waals surface area contributed by atoms with Crippen LogP contribution in [-0.2, 0) is 0 Å². The van der Waals surface area contributed by atoms with E-state index in [0.29, 0.717) is 17.8 Å².